The van der Waals surface area contributed by atoms with Crippen molar-refractivity contribution in [2.75, 3.05) is 11.9 Å². The molecule has 3 rings (SSSR count). The van der Waals surface area contributed by atoms with E-state index in [0.29, 0.717) is 23.6 Å². The molecule has 0 saturated heterocycles. The third kappa shape index (κ3) is 6.73. The molecule has 0 unspecified atom stereocenters. The fourth-order valence-corrected chi connectivity index (χ4v) is 2.62. The number of esters is 1. The van der Waals surface area contributed by atoms with E-state index in [1.807, 2.05) is 6.92 Å². The van der Waals surface area contributed by atoms with Crippen LogP contribution >= 0.6 is 0 Å². The topological polar surface area (TPSA) is 106 Å². The molecule has 0 aliphatic rings. The first-order valence-electron chi connectivity index (χ1n) is 9.90. The third-order valence-corrected chi connectivity index (χ3v) is 4.19. The van der Waals surface area contributed by atoms with E-state index in [1.54, 1.807) is 36.4 Å². The van der Waals surface area contributed by atoms with E-state index >= 15 is 0 Å². The van der Waals surface area contributed by atoms with Gasteiger partial charge in [-0.25, -0.2) is 14.6 Å². The average Bonchev–Trinajstić information content (AvgIpc) is 2.81. The zero-order valence-corrected chi connectivity index (χ0v) is 17.6. The lowest BCUT2D eigenvalue weighted by molar-refractivity contribution is -0.136. The number of benzene rings is 3. The van der Waals surface area contributed by atoms with Crippen LogP contribution in [0.15, 0.2) is 77.9 Å². The summed E-state index contributed by atoms with van der Waals surface area (Å²) in [6.07, 6.45) is 1.31. The minimum Gasteiger partial charge on any atom is -0.494 e. The summed E-state index contributed by atoms with van der Waals surface area (Å²) in [5.74, 6) is -2.46. The number of ether oxygens (including phenoxy) is 2. The van der Waals surface area contributed by atoms with Crippen LogP contribution in [0.1, 0.15) is 22.8 Å². The molecule has 0 heterocycles. The van der Waals surface area contributed by atoms with Crippen LogP contribution in [0.2, 0.25) is 0 Å². The van der Waals surface area contributed by atoms with Crippen molar-refractivity contribution in [3.63, 3.8) is 0 Å². The lowest BCUT2D eigenvalue weighted by Crippen LogP contribution is -2.32. The molecule has 0 spiro atoms. The largest absolute Gasteiger partial charge is 0.494 e. The lowest BCUT2D eigenvalue weighted by atomic mass is 10.2. The summed E-state index contributed by atoms with van der Waals surface area (Å²) in [7, 11) is 0. The van der Waals surface area contributed by atoms with Crippen molar-refractivity contribution in [1.82, 2.24) is 5.43 Å². The minimum atomic E-state index is -0.949. The molecule has 168 valence electrons. The Kier molecular flexibility index (Phi) is 7.85. The van der Waals surface area contributed by atoms with Crippen LogP contribution in [0, 0.1) is 5.82 Å². The smallest absolute Gasteiger partial charge is 0.346 e. The Morgan fingerprint density at radius 3 is 2.24 bits per heavy atom. The summed E-state index contributed by atoms with van der Waals surface area (Å²) < 4.78 is 24.1. The van der Waals surface area contributed by atoms with E-state index in [1.165, 1.54) is 42.6 Å². The van der Waals surface area contributed by atoms with Crippen LogP contribution in [0.3, 0.4) is 0 Å². The summed E-state index contributed by atoms with van der Waals surface area (Å²) >= 11 is 0. The van der Waals surface area contributed by atoms with Crippen molar-refractivity contribution in [1.29, 1.82) is 0 Å². The van der Waals surface area contributed by atoms with E-state index in [-0.39, 0.29) is 11.3 Å². The van der Waals surface area contributed by atoms with Crippen LogP contribution in [0.5, 0.6) is 11.5 Å². The van der Waals surface area contributed by atoms with Crippen LogP contribution in [-0.4, -0.2) is 30.6 Å². The zero-order chi connectivity index (χ0) is 23.6. The van der Waals surface area contributed by atoms with Gasteiger partial charge >= 0.3 is 17.8 Å². The fraction of sp³-hybridized carbons (Fsp3) is 0.0833. The minimum absolute atomic E-state index is 0.172. The normalized spacial score (nSPS) is 10.5. The Labute approximate surface area is 189 Å². The van der Waals surface area contributed by atoms with E-state index in [0.717, 1.165) is 0 Å². The number of halogens is 1. The highest BCUT2D eigenvalue weighted by atomic mass is 19.1. The number of anilines is 1. The fourth-order valence-electron chi connectivity index (χ4n) is 2.62. The molecule has 33 heavy (non-hydrogen) atoms. The highest BCUT2D eigenvalue weighted by Gasteiger charge is 2.14. The SMILES string of the molecule is CCOc1ccc(NC(=O)C(=O)N/N=C\c2ccc(OC(=O)c3ccccc3F)cc2)cc1. The summed E-state index contributed by atoms with van der Waals surface area (Å²) in [5, 5.41) is 6.18. The second kappa shape index (κ2) is 11.2. The Morgan fingerprint density at radius 1 is 0.909 bits per heavy atom. The summed E-state index contributed by atoms with van der Waals surface area (Å²) in [6.45, 7) is 2.38. The summed E-state index contributed by atoms with van der Waals surface area (Å²) in [6, 6.07) is 18.2. The van der Waals surface area contributed by atoms with Crippen molar-refractivity contribution in [2.45, 2.75) is 6.92 Å². The first kappa shape index (κ1) is 23.1. The van der Waals surface area contributed by atoms with Gasteiger partial charge in [-0.2, -0.15) is 5.10 Å². The molecule has 8 nitrogen and oxygen atoms in total. The predicted octanol–water partition coefficient (Wildman–Crippen LogP) is 3.53. The monoisotopic (exact) mass is 449 g/mol. The van der Waals surface area contributed by atoms with E-state index in [2.05, 4.69) is 15.8 Å². The van der Waals surface area contributed by atoms with Gasteiger partial charge in [-0.15, -0.1) is 0 Å². The molecule has 0 aliphatic carbocycles. The van der Waals surface area contributed by atoms with Crippen molar-refractivity contribution in [3.8, 4) is 11.5 Å². The molecule has 2 amide bonds. The van der Waals surface area contributed by atoms with Gasteiger partial charge in [0, 0.05) is 5.69 Å². The first-order valence-corrected chi connectivity index (χ1v) is 9.90. The molecule has 0 saturated carbocycles. The number of amides is 2. The third-order valence-electron chi connectivity index (χ3n) is 4.19. The molecular weight excluding hydrogens is 429 g/mol. The number of rotatable bonds is 7. The molecule has 0 fully saturated rings. The predicted molar refractivity (Wildman–Crippen MR) is 120 cm³/mol. The molecule has 3 aromatic rings. The number of hydrazone groups is 1. The standard InChI is InChI=1S/C24H20FN3O5/c1-2-32-18-13-9-17(10-14-18)27-22(29)23(30)28-26-15-16-7-11-19(12-8-16)33-24(31)20-5-3-4-6-21(20)25/h3-15H,2H2,1H3,(H,27,29)(H,28,30)/b26-15-. The van der Waals surface area contributed by atoms with Crippen LogP contribution in [-0.2, 0) is 9.59 Å². The van der Waals surface area contributed by atoms with Crippen LogP contribution in [0.4, 0.5) is 10.1 Å². The highest BCUT2D eigenvalue weighted by molar-refractivity contribution is 6.39. The Hall–Kier alpha value is -4.53. The van der Waals surface area contributed by atoms with E-state index in [4.69, 9.17) is 9.47 Å². The van der Waals surface area contributed by atoms with Crippen molar-refractivity contribution >= 4 is 29.7 Å². The Morgan fingerprint density at radius 2 is 1.58 bits per heavy atom. The van der Waals surface area contributed by atoms with Gasteiger partial charge in [-0.1, -0.05) is 12.1 Å². The Bertz CT molecular complexity index is 1160. The number of nitrogens with zero attached hydrogens (tertiary/aromatic N) is 1. The number of hydrogen-bond acceptors (Lipinski definition) is 6. The molecule has 9 heteroatoms. The van der Waals surface area contributed by atoms with Gasteiger partial charge in [0.1, 0.15) is 17.3 Å². The summed E-state index contributed by atoms with van der Waals surface area (Å²) in [5.41, 5.74) is 2.95. The number of carbonyl (C=O) groups is 3. The van der Waals surface area contributed by atoms with Gasteiger partial charge in [0.25, 0.3) is 0 Å². The first-order chi connectivity index (χ1) is 16.0. The molecule has 0 atom stereocenters. The van der Waals surface area contributed by atoms with Crippen LogP contribution < -0.4 is 20.2 Å². The van der Waals surface area contributed by atoms with Gasteiger partial charge in [0.2, 0.25) is 0 Å². The number of carbonyl (C=O) groups excluding carboxylic acids is 3. The average molecular weight is 449 g/mol. The quantitative estimate of drug-likeness (QED) is 0.189. The van der Waals surface area contributed by atoms with Gasteiger partial charge in [0.15, 0.2) is 0 Å². The van der Waals surface area contributed by atoms with Gasteiger partial charge < -0.3 is 14.8 Å². The Balaban J connectivity index is 1.49. The second-order valence-electron chi connectivity index (χ2n) is 6.55. The maximum Gasteiger partial charge on any atom is 0.346 e. The number of hydrogen-bond donors (Lipinski definition) is 2. The molecule has 0 aromatic heterocycles. The van der Waals surface area contributed by atoms with E-state index in [9.17, 15) is 18.8 Å². The molecular formula is C24H20FN3O5. The zero-order valence-electron chi connectivity index (χ0n) is 17.6. The second-order valence-corrected chi connectivity index (χ2v) is 6.55. The summed E-state index contributed by atoms with van der Waals surface area (Å²) in [4.78, 5) is 35.9. The van der Waals surface area contributed by atoms with E-state index < -0.39 is 23.6 Å². The molecule has 0 bridgehead atoms. The van der Waals surface area contributed by atoms with Gasteiger partial charge in [-0.3, -0.25) is 9.59 Å². The number of nitrogens with one attached hydrogen (secondary N) is 2. The lowest BCUT2D eigenvalue weighted by Gasteiger charge is -2.06. The highest BCUT2D eigenvalue weighted by Crippen LogP contribution is 2.16. The van der Waals surface area contributed by atoms with Crippen molar-refractivity contribution in [2.24, 2.45) is 5.10 Å². The maximum atomic E-state index is 13.6. The van der Waals surface area contributed by atoms with Crippen molar-refractivity contribution < 1.29 is 28.2 Å². The molecule has 3 aromatic carbocycles. The maximum absolute atomic E-state index is 13.6. The van der Waals surface area contributed by atoms with Gasteiger partial charge in [0.05, 0.1) is 18.4 Å². The molecule has 0 aliphatic heterocycles. The molecule has 2 N–H and O–H groups in total. The van der Waals surface area contributed by atoms with Gasteiger partial charge in [-0.05, 0) is 73.2 Å². The van der Waals surface area contributed by atoms with Crippen LogP contribution in [0.25, 0.3) is 0 Å². The van der Waals surface area contributed by atoms with Crippen molar-refractivity contribution in [3.05, 3.63) is 89.7 Å². The molecule has 0 radical (unpaired) electrons.